The van der Waals surface area contributed by atoms with Gasteiger partial charge in [0, 0.05) is 15.3 Å². The van der Waals surface area contributed by atoms with Gasteiger partial charge in [-0.05, 0) is 25.4 Å². The molecule has 0 aliphatic rings. The molecule has 7 heteroatoms. The molecule has 0 unspecified atom stereocenters. The van der Waals surface area contributed by atoms with E-state index in [9.17, 15) is 9.90 Å². The lowest BCUT2D eigenvalue weighted by Crippen LogP contribution is -2.08. The highest BCUT2D eigenvalue weighted by molar-refractivity contribution is 7.99. The van der Waals surface area contributed by atoms with Gasteiger partial charge < -0.3 is 5.11 Å². The van der Waals surface area contributed by atoms with E-state index >= 15 is 0 Å². The quantitative estimate of drug-likeness (QED) is 0.500. The molecule has 0 radical (unpaired) electrons. The normalized spacial score (nSPS) is 18.0. The van der Waals surface area contributed by atoms with Crippen LogP contribution in [0.3, 0.4) is 0 Å². The van der Waals surface area contributed by atoms with Crippen molar-refractivity contribution in [1.29, 1.82) is 0 Å². The number of rotatable bonds is 5. The number of aromatic amines is 1. The van der Waals surface area contributed by atoms with Crippen molar-refractivity contribution in [3.8, 4) is 5.88 Å². The van der Waals surface area contributed by atoms with Crippen molar-refractivity contribution in [2.24, 2.45) is 10.2 Å². The molecule has 6 nitrogen and oxygen atoms in total. The van der Waals surface area contributed by atoms with Crippen molar-refractivity contribution in [2.75, 3.05) is 5.70 Å². The topological polar surface area (TPSA) is 90.7 Å². The molecule has 0 saturated carbocycles. The van der Waals surface area contributed by atoms with E-state index in [4.69, 9.17) is 9.60 Å². The lowest BCUT2D eigenvalue weighted by Gasteiger charge is -2.01. The van der Waals surface area contributed by atoms with E-state index in [1.165, 1.54) is 0 Å². The smallest absolute Gasteiger partial charge is 0.283 e. The molecular formula is C14H16N4O2S. The molecule has 0 bridgehead atoms. The van der Waals surface area contributed by atoms with Gasteiger partial charge in [0.15, 0.2) is 5.16 Å². The first-order valence-corrected chi connectivity index (χ1v) is 6.57. The first-order valence-electron chi connectivity index (χ1n) is 9.25. The number of hydrogen-bond donors (Lipinski definition) is 2. The monoisotopic (exact) mass is 311 g/mol. The van der Waals surface area contributed by atoms with Crippen LogP contribution in [0, 0.1) is 6.92 Å². The first kappa shape index (κ1) is 8.33. The van der Waals surface area contributed by atoms with Crippen LogP contribution in [-0.4, -0.2) is 20.8 Å². The molecule has 2 N–H and O–H groups in total. The van der Waals surface area contributed by atoms with Crippen molar-refractivity contribution >= 4 is 23.1 Å². The Kier molecular flexibility index (Phi) is 2.79. The van der Waals surface area contributed by atoms with Gasteiger partial charge in [-0.15, -0.1) is 5.11 Å². The average molecular weight is 311 g/mol. The third kappa shape index (κ3) is 4.16. The average Bonchev–Trinajstić information content (AvgIpc) is 2.54. The fourth-order valence-corrected chi connectivity index (χ4v) is 1.79. The fourth-order valence-electron chi connectivity index (χ4n) is 1.37. The Morgan fingerprint density at radius 3 is 2.86 bits per heavy atom. The molecular weight excluding hydrogens is 288 g/mol. The first-order chi connectivity index (χ1) is 12.7. The highest BCUT2D eigenvalue weighted by Gasteiger charge is 2.10. The summed E-state index contributed by atoms with van der Waals surface area (Å²) >= 11 is 0.0322. The minimum Gasteiger partial charge on any atom is -0.491 e. The Morgan fingerprint density at radius 2 is 2.19 bits per heavy atom. The van der Waals surface area contributed by atoms with E-state index in [1.54, 1.807) is 24.3 Å². The number of thioether (sulfide) groups is 1. The Hall–Kier alpha value is -2.15. The molecule has 0 aliphatic carbocycles. The second kappa shape index (κ2) is 7.03. The summed E-state index contributed by atoms with van der Waals surface area (Å²) in [6.07, 6.45) is -3.25. The third-order valence-electron chi connectivity index (χ3n) is 2.35. The van der Waals surface area contributed by atoms with Gasteiger partial charge in [0.1, 0.15) is 0 Å². The SMILES string of the molecule is [2H]C([2H])([2H])C([2H])([2H])C([2H])([2H])Sc1nc(O)c(N=Nc2ccc(C)cc2)c(=O)[nH]1. The molecule has 21 heavy (non-hydrogen) atoms. The van der Waals surface area contributed by atoms with Gasteiger partial charge in [0.25, 0.3) is 5.56 Å². The number of hydrogen-bond acceptors (Lipinski definition) is 6. The fraction of sp³-hybridized carbons (Fsp3) is 0.286. The van der Waals surface area contributed by atoms with Gasteiger partial charge in [0.05, 0.1) is 5.69 Å². The van der Waals surface area contributed by atoms with Crippen LogP contribution in [0.1, 0.15) is 28.4 Å². The molecule has 0 amide bonds. The summed E-state index contributed by atoms with van der Waals surface area (Å²) in [5.41, 5.74) is -3.04. The van der Waals surface area contributed by atoms with Crippen LogP contribution in [0.2, 0.25) is 0 Å². The maximum absolute atomic E-state index is 12.1. The van der Waals surface area contributed by atoms with E-state index in [2.05, 4.69) is 20.2 Å². The third-order valence-corrected chi connectivity index (χ3v) is 2.94. The van der Waals surface area contributed by atoms with E-state index in [0.29, 0.717) is 5.69 Å². The van der Waals surface area contributed by atoms with E-state index in [-0.39, 0.29) is 11.8 Å². The lowest BCUT2D eigenvalue weighted by atomic mass is 10.2. The number of azo groups is 1. The molecule has 2 aromatic rings. The number of aryl methyl sites for hydroxylation is 1. The van der Waals surface area contributed by atoms with Gasteiger partial charge in [-0.1, -0.05) is 36.3 Å². The van der Waals surface area contributed by atoms with Gasteiger partial charge >= 0.3 is 0 Å². The molecule has 0 saturated heterocycles. The number of aromatic hydroxyl groups is 1. The summed E-state index contributed by atoms with van der Waals surface area (Å²) in [7, 11) is 0. The number of nitrogens with zero attached hydrogens (tertiary/aromatic N) is 3. The van der Waals surface area contributed by atoms with Crippen molar-refractivity contribution in [3.05, 3.63) is 40.2 Å². The maximum atomic E-state index is 12.1. The second-order valence-electron chi connectivity index (χ2n) is 3.91. The standard InChI is InChI=1S/C14H16N4O2S/c1-3-8-21-14-15-12(19)11(13(20)16-14)18-17-10-6-4-9(2)5-7-10/h4-7H,3,8H2,1-2H3,(H2,15,16,19,20)/i1D3,3D2,8D2. The zero-order chi connectivity index (χ0) is 21.3. The number of nitrogens with one attached hydrogen (secondary N) is 1. The molecule has 1 aromatic heterocycles. The highest BCUT2D eigenvalue weighted by Crippen LogP contribution is 2.24. The van der Waals surface area contributed by atoms with Crippen LogP contribution < -0.4 is 5.56 Å². The van der Waals surface area contributed by atoms with E-state index < -0.39 is 41.2 Å². The molecule has 1 aromatic carbocycles. The molecule has 2 rings (SSSR count). The van der Waals surface area contributed by atoms with Gasteiger partial charge in [-0.3, -0.25) is 9.78 Å². The Balaban J connectivity index is 2.31. The van der Waals surface area contributed by atoms with E-state index in [0.717, 1.165) is 5.56 Å². The summed E-state index contributed by atoms with van der Waals surface area (Å²) in [5, 5.41) is 16.9. The predicted molar refractivity (Wildman–Crippen MR) is 82.9 cm³/mol. The molecule has 0 aliphatic heterocycles. The summed E-state index contributed by atoms with van der Waals surface area (Å²) < 4.78 is 52.0. The predicted octanol–water partition coefficient (Wildman–Crippen LogP) is 3.70. The zero-order valence-electron chi connectivity index (χ0n) is 17.9. The van der Waals surface area contributed by atoms with Crippen LogP contribution in [0.25, 0.3) is 0 Å². The lowest BCUT2D eigenvalue weighted by molar-refractivity contribution is 0.445. The van der Waals surface area contributed by atoms with Crippen molar-refractivity contribution in [3.63, 3.8) is 0 Å². The second-order valence-corrected chi connectivity index (χ2v) is 4.70. The summed E-state index contributed by atoms with van der Waals surface area (Å²) in [4.78, 5) is 17.8. The maximum Gasteiger partial charge on any atom is 0.283 e. The van der Waals surface area contributed by atoms with Crippen molar-refractivity contribution in [1.82, 2.24) is 9.97 Å². The Bertz CT molecular complexity index is 942. The van der Waals surface area contributed by atoms with Crippen molar-refractivity contribution < 1.29 is 14.7 Å². The molecule has 0 atom stereocenters. The van der Waals surface area contributed by atoms with Crippen LogP contribution in [0.4, 0.5) is 11.4 Å². The largest absolute Gasteiger partial charge is 0.491 e. The molecule has 0 fully saturated rings. The zero-order valence-corrected chi connectivity index (χ0v) is 11.7. The van der Waals surface area contributed by atoms with Crippen LogP contribution in [-0.2, 0) is 0 Å². The minimum absolute atomic E-state index is 0.0322. The summed E-state index contributed by atoms with van der Waals surface area (Å²) in [6, 6.07) is 6.84. The van der Waals surface area contributed by atoms with Gasteiger partial charge in [-0.2, -0.15) is 10.1 Å². The van der Waals surface area contributed by atoms with Gasteiger partial charge in [-0.25, -0.2) is 0 Å². The Labute approximate surface area is 136 Å². The number of aromatic nitrogens is 2. The molecule has 1 heterocycles. The van der Waals surface area contributed by atoms with E-state index in [1.807, 2.05) is 6.92 Å². The number of benzene rings is 1. The summed E-state index contributed by atoms with van der Waals surface area (Å²) in [6.45, 7) is -1.38. The molecule has 110 valence electrons. The molecule has 0 spiro atoms. The summed E-state index contributed by atoms with van der Waals surface area (Å²) in [5.74, 6) is -0.854. The van der Waals surface area contributed by atoms with Crippen molar-refractivity contribution in [2.45, 2.75) is 25.3 Å². The minimum atomic E-state index is -3.26. The van der Waals surface area contributed by atoms with Crippen LogP contribution in [0.5, 0.6) is 5.88 Å². The highest BCUT2D eigenvalue weighted by atomic mass is 32.2. The van der Waals surface area contributed by atoms with Crippen LogP contribution >= 0.6 is 11.8 Å². The number of H-pyrrole nitrogens is 1. The Morgan fingerprint density at radius 1 is 1.43 bits per heavy atom. The van der Waals surface area contributed by atoms with Gasteiger partial charge in [0.2, 0.25) is 11.6 Å². The van der Waals surface area contributed by atoms with Crippen LogP contribution in [0.15, 0.2) is 44.4 Å².